The second-order valence-corrected chi connectivity index (χ2v) is 5.25. The van der Waals surface area contributed by atoms with Crippen molar-refractivity contribution < 1.29 is 19.5 Å². The van der Waals surface area contributed by atoms with Gasteiger partial charge in [0.1, 0.15) is 6.10 Å². The first-order valence-electron chi connectivity index (χ1n) is 7.38. The van der Waals surface area contributed by atoms with Crippen molar-refractivity contribution in [3.05, 3.63) is 24.3 Å². The summed E-state index contributed by atoms with van der Waals surface area (Å²) in [6.45, 7) is 7.42. The van der Waals surface area contributed by atoms with Crippen LogP contribution in [0.4, 0.5) is 0 Å². The maximum Gasteiger partial charge on any atom is 0.347 e. The third-order valence-corrected chi connectivity index (χ3v) is 3.55. The summed E-state index contributed by atoms with van der Waals surface area (Å²) < 4.78 is 5.32. The van der Waals surface area contributed by atoms with Crippen molar-refractivity contribution in [2.45, 2.75) is 46.3 Å². The van der Waals surface area contributed by atoms with E-state index in [9.17, 15) is 9.90 Å². The summed E-state index contributed by atoms with van der Waals surface area (Å²) in [5.41, 5.74) is 0.630. The topological polar surface area (TPSA) is 68.1 Å². The monoisotopic (exact) mass is 295 g/mol. The zero-order valence-corrected chi connectivity index (χ0v) is 13.2. The van der Waals surface area contributed by atoms with E-state index in [0.717, 1.165) is 0 Å². The highest BCUT2D eigenvalue weighted by Crippen LogP contribution is 2.16. The van der Waals surface area contributed by atoms with Crippen LogP contribution in [0.5, 0.6) is 0 Å². The molecule has 0 amide bonds. The lowest BCUT2D eigenvalue weighted by atomic mass is 9.95. The summed E-state index contributed by atoms with van der Waals surface area (Å²) in [5, 5.41) is 13.9. The Kier molecular flexibility index (Phi) is 7.15. The van der Waals surface area contributed by atoms with Gasteiger partial charge in [0, 0.05) is 11.8 Å². The Labute approximate surface area is 126 Å². The van der Waals surface area contributed by atoms with Gasteiger partial charge in [-0.1, -0.05) is 38.1 Å². The maximum atomic E-state index is 11.7. The molecule has 118 valence electrons. The third-order valence-electron chi connectivity index (χ3n) is 3.55. The number of hydrogen-bond donors (Lipinski definition) is 1. The molecule has 4 atom stereocenters. The molecule has 0 fully saturated rings. The molecule has 1 rings (SSSR count). The number of nitrogens with zero attached hydrogens (tertiary/aromatic N) is 1. The molecule has 0 aromatic carbocycles. The van der Waals surface area contributed by atoms with Crippen LogP contribution in [0.2, 0.25) is 0 Å². The van der Waals surface area contributed by atoms with Crippen LogP contribution in [0.25, 0.3) is 0 Å². The largest absolute Gasteiger partial charge is 0.455 e. The molecular weight excluding hydrogens is 270 g/mol. The van der Waals surface area contributed by atoms with Crippen molar-refractivity contribution in [3.8, 4) is 0 Å². The summed E-state index contributed by atoms with van der Waals surface area (Å²) in [4.78, 5) is 16.7. The number of carbonyl (C=O) groups is 1. The fraction of sp³-hybridized carbons (Fsp3) is 0.625. The third kappa shape index (κ3) is 5.34. The first kappa shape index (κ1) is 17.4. The SMILES string of the molecule is C/C=C/C1OC(=O)CO/N=C(C(C)C(O)CC)/C=C/C1C. The second-order valence-electron chi connectivity index (χ2n) is 5.25. The van der Waals surface area contributed by atoms with Gasteiger partial charge in [-0.3, -0.25) is 0 Å². The number of hydrogen-bond acceptors (Lipinski definition) is 5. The van der Waals surface area contributed by atoms with Crippen molar-refractivity contribution in [1.29, 1.82) is 0 Å². The average Bonchev–Trinajstić information content (AvgIpc) is 2.47. The second kappa shape index (κ2) is 8.62. The molecule has 0 aromatic heterocycles. The van der Waals surface area contributed by atoms with Gasteiger partial charge in [-0.05, 0) is 25.5 Å². The fourth-order valence-electron chi connectivity index (χ4n) is 2.03. The normalized spacial score (nSPS) is 30.7. The lowest BCUT2D eigenvalue weighted by Crippen LogP contribution is -2.28. The van der Waals surface area contributed by atoms with E-state index < -0.39 is 12.1 Å². The van der Waals surface area contributed by atoms with Crippen LogP contribution < -0.4 is 0 Å². The first-order chi connectivity index (χ1) is 9.99. The number of aliphatic hydroxyl groups excluding tert-OH is 1. The first-order valence-corrected chi connectivity index (χ1v) is 7.38. The van der Waals surface area contributed by atoms with Crippen molar-refractivity contribution in [2.75, 3.05) is 6.61 Å². The Balaban J connectivity index is 2.97. The molecular formula is C16H25NO4. The molecule has 0 aromatic rings. The van der Waals surface area contributed by atoms with Gasteiger partial charge in [0.2, 0.25) is 6.61 Å². The predicted molar refractivity (Wildman–Crippen MR) is 81.8 cm³/mol. The number of ether oxygens (including phenoxy) is 1. The Morgan fingerprint density at radius 3 is 2.90 bits per heavy atom. The zero-order chi connectivity index (χ0) is 15.8. The number of cyclic esters (lactones) is 1. The molecule has 0 bridgehead atoms. The van der Waals surface area contributed by atoms with Crippen LogP contribution in [0.1, 0.15) is 34.1 Å². The Morgan fingerprint density at radius 2 is 2.29 bits per heavy atom. The molecule has 1 heterocycles. The van der Waals surface area contributed by atoms with E-state index in [1.54, 1.807) is 0 Å². The standard InChI is InChI=1S/C16H25NO4/c1-5-7-15-11(3)8-9-13(12(4)14(18)6-2)17-20-10-16(19)21-15/h5,7-9,11-12,14-15,18H,6,10H2,1-4H3/b7-5+,9-8+,17-13-. The quantitative estimate of drug-likeness (QED) is 0.639. The molecule has 0 spiro atoms. The van der Waals surface area contributed by atoms with Crippen LogP contribution in [-0.2, 0) is 14.4 Å². The molecule has 0 aliphatic carbocycles. The Hall–Kier alpha value is -1.62. The molecule has 0 radical (unpaired) electrons. The molecule has 0 saturated heterocycles. The lowest BCUT2D eigenvalue weighted by Gasteiger charge is -2.21. The number of carbonyl (C=O) groups excluding carboxylic acids is 1. The van der Waals surface area contributed by atoms with Gasteiger partial charge in [-0.15, -0.1) is 0 Å². The highest BCUT2D eigenvalue weighted by Gasteiger charge is 2.22. The fourth-order valence-corrected chi connectivity index (χ4v) is 2.03. The van der Waals surface area contributed by atoms with Crippen LogP contribution in [0.3, 0.4) is 0 Å². The van der Waals surface area contributed by atoms with Gasteiger partial charge in [0.25, 0.3) is 0 Å². The molecule has 4 unspecified atom stereocenters. The molecule has 1 N–H and O–H groups in total. The smallest absolute Gasteiger partial charge is 0.347 e. The number of allylic oxidation sites excluding steroid dienone is 2. The highest BCUT2D eigenvalue weighted by atomic mass is 16.7. The molecule has 1 aliphatic rings. The minimum absolute atomic E-state index is 0.0134. The van der Waals surface area contributed by atoms with Gasteiger partial charge in [0.05, 0.1) is 11.8 Å². The van der Waals surface area contributed by atoms with Gasteiger partial charge in [-0.25, -0.2) is 4.79 Å². The van der Waals surface area contributed by atoms with Gasteiger partial charge in [0.15, 0.2) is 0 Å². The predicted octanol–water partition coefficient (Wildman–Crippen LogP) is 2.46. The van der Waals surface area contributed by atoms with E-state index in [4.69, 9.17) is 9.57 Å². The number of esters is 1. The van der Waals surface area contributed by atoms with E-state index in [-0.39, 0.29) is 24.5 Å². The van der Waals surface area contributed by atoms with Gasteiger partial charge >= 0.3 is 5.97 Å². The minimum atomic E-state index is -0.492. The number of oxime groups is 1. The molecule has 5 nitrogen and oxygen atoms in total. The summed E-state index contributed by atoms with van der Waals surface area (Å²) >= 11 is 0. The van der Waals surface area contributed by atoms with Crippen molar-refractivity contribution in [3.63, 3.8) is 0 Å². The number of aliphatic hydroxyl groups is 1. The van der Waals surface area contributed by atoms with Crippen LogP contribution in [0.15, 0.2) is 29.5 Å². The molecule has 21 heavy (non-hydrogen) atoms. The van der Waals surface area contributed by atoms with Crippen LogP contribution in [0, 0.1) is 11.8 Å². The molecule has 5 heteroatoms. The Morgan fingerprint density at radius 1 is 1.57 bits per heavy atom. The summed E-state index contributed by atoms with van der Waals surface area (Å²) in [5.74, 6) is -0.597. The van der Waals surface area contributed by atoms with E-state index in [2.05, 4.69) is 5.16 Å². The van der Waals surface area contributed by atoms with Crippen molar-refractivity contribution >= 4 is 11.7 Å². The number of rotatable bonds is 4. The van der Waals surface area contributed by atoms with Crippen LogP contribution >= 0.6 is 0 Å². The maximum absolute atomic E-state index is 11.7. The summed E-state index contributed by atoms with van der Waals surface area (Å²) in [6, 6.07) is 0. The van der Waals surface area contributed by atoms with E-state index in [1.807, 2.05) is 52.0 Å². The van der Waals surface area contributed by atoms with Gasteiger partial charge in [-0.2, -0.15) is 0 Å². The Bertz CT molecular complexity index is 428. The van der Waals surface area contributed by atoms with Crippen LogP contribution in [-0.4, -0.2) is 35.6 Å². The minimum Gasteiger partial charge on any atom is -0.455 e. The van der Waals surface area contributed by atoms with Crippen molar-refractivity contribution in [2.24, 2.45) is 17.0 Å². The zero-order valence-electron chi connectivity index (χ0n) is 13.2. The van der Waals surface area contributed by atoms with Crippen molar-refractivity contribution in [1.82, 2.24) is 0 Å². The lowest BCUT2D eigenvalue weighted by molar-refractivity contribution is -0.153. The highest BCUT2D eigenvalue weighted by molar-refractivity contribution is 5.96. The molecule has 1 aliphatic heterocycles. The average molecular weight is 295 g/mol. The molecule has 0 saturated carbocycles. The summed E-state index contributed by atoms with van der Waals surface area (Å²) in [7, 11) is 0. The summed E-state index contributed by atoms with van der Waals surface area (Å²) in [6.07, 6.45) is 7.27. The van der Waals surface area contributed by atoms with E-state index >= 15 is 0 Å². The van der Waals surface area contributed by atoms with E-state index in [1.165, 1.54) is 0 Å². The van der Waals surface area contributed by atoms with E-state index in [0.29, 0.717) is 12.1 Å². The van der Waals surface area contributed by atoms with Gasteiger partial charge < -0.3 is 14.7 Å².